The molecule has 2 N–H and O–H groups in total. The molecule has 0 aliphatic rings. The summed E-state index contributed by atoms with van der Waals surface area (Å²) in [5, 5.41) is 11.6. The predicted octanol–water partition coefficient (Wildman–Crippen LogP) is 0.908. The largest absolute Gasteiger partial charge is 0.394 e. The normalized spacial score (nSPS) is 9.92. The number of benzene rings is 1. The molecule has 71 valence electrons. The average molecular weight is 180 g/mol. The Labute approximate surface area is 78.3 Å². The van der Waals surface area contributed by atoms with Crippen LogP contribution in [0.3, 0.4) is 0 Å². The molecule has 0 aliphatic heterocycles. The summed E-state index contributed by atoms with van der Waals surface area (Å²) in [7, 11) is 0. The average Bonchev–Trinajstić information content (AvgIpc) is 2.19. The minimum Gasteiger partial charge on any atom is -0.394 e. The molecule has 3 nitrogen and oxygen atoms in total. The van der Waals surface area contributed by atoms with Crippen LogP contribution in [-0.4, -0.2) is 31.5 Å². The zero-order valence-corrected chi connectivity index (χ0v) is 7.49. The molecule has 3 heteroatoms. The molecule has 0 atom stereocenters. The van der Waals surface area contributed by atoms with Crippen molar-refractivity contribution in [3.05, 3.63) is 30.3 Å². The standard InChI is InChI=1S/C10H14NO2/c12-7-9-13-8-6-11-10-4-2-1-3-5-10/h2-5,11-12H,6-9H2. The van der Waals surface area contributed by atoms with Crippen molar-refractivity contribution in [3.63, 3.8) is 0 Å². The van der Waals surface area contributed by atoms with Crippen molar-refractivity contribution in [3.8, 4) is 0 Å². The molecule has 0 saturated heterocycles. The molecule has 0 unspecified atom stereocenters. The van der Waals surface area contributed by atoms with Gasteiger partial charge < -0.3 is 15.2 Å². The predicted molar refractivity (Wildman–Crippen MR) is 51.7 cm³/mol. The maximum absolute atomic E-state index is 8.43. The lowest BCUT2D eigenvalue weighted by Crippen LogP contribution is -2.11. The summed E-state index contributed by atoms with van der Waals surface area (Å²) in [5.74, 6) is 0. The van der Waals surface area contributed by atoms with Gasteiger partial charge in [-0.15, -0.1) is 0 Å². The highest BCUT2D eigenvalue weighted by molar-refractivity contribution is 5.41. The first kappa shape index (κ1) is 10.0. The first-order valence-electron chi connectivity index (χ1n) is 4.32. The molecular formula is C10H14NO2. The van der Waals surface area contributed by atoms with Crippen LogP contribution in [0.1, 0.15) is 0 Å². The van der Waals surface area contributed by atoms with Gasteiger partial charge in [-0.2, -0.15) is 0 Å². The number of anilines is 1. The van der Waals surface area contributed by atoms with Crippen molar-refractivity contribution in [2.24, 2.45) is 0 Å². The minimum absolute atomic E-state index is 0.0836. The minimum atomic E-state index is 0.0836. The second-order valence-corrected chi connectivity index (χ2v) is 2.55. The third-order valence-corrected chi connectivity index (χ3v) is 1.53. The van der Waals surface area contributed by atoms with Crippen LogP contribution in [0, 0.1) is 6.07 Å². The van der Waals surface area contributed by atoms with Crippen LogP contribution in [0.5, 0.6) is 0 Å². The highest BCUT2D eigenvalue weighted by Crippen LogP contribution is 2.02. The molecule has 0 heterocycles. The van der Waals surface area contributed by atoms with Gasteiger partial charge in [0.25, 0.3) is 0 Å². The van der Waals surface area contributed by atoms with Gasteiger partial charge in [-0.25, -0.2) is 0 Å². The Bertz CT molecular complexity index is 213. The van der Waals surface area contributed by atoms with E-state index in [4.69, 9.17) is 9.84 Å². The fourth-order valence-electron chi connectivity index (χ4n) is 0.939. The summed E-state index contributed by atoms with van der Waals surface area (Å²) in [6, 6.07) is 10.6. The number of ether oxygens (including phenoxy) is 1. The fraction of sp³-hybridized carbons (Fsp3) is 0.400. The lowest BCUT2D eigenvalue weighted by Gasteiger charge is -2.05. The molecule has 1 aromatic rings. The molecule has 13 heavy (non-hydrogen) atoms. The van der Waals surface area contributed by atoms with E-state index in [2.05, 4.69) is 11.4 Å². The van der Waals surface area contributed by atoms with Crippen molar-refractivity contribution < 1.29 is 9.84 Å². The summed E-state index contributed by atoms with van der Waals surface area (Å²) < 4.78 is 5.08. The smallest absolute Gasteiger partial charge is 0.0698 e. The summed E-state index contributed by atoms with van der Waals surface area (Å²) >= 11 is 0. The second kappa shape index (κ2) is 6.46. The Hall–Kier alpha value is -1.06. The third kappa shape index (κ3) is 4.50. The molecule has 1 aromatic carbocycles. The van der Waals surface area contributed by atoms with Crippen LogP contribution in [0.2, 0.25) is 0 Å². The molecule has 1 rings (SSSR count). The van der Waals surface area contributed by atoms with Gasteiger partial charge in [-0.05, 0) is 18.2 Å². The molecule has 0 fully saturated rings. The Morgan fingerprint density at radius 1 is 1.31 bits per heavy atom. The van der Waals surface area contributed by atoms with Crippen LogP contribution in [0.4, 0.5) is 5.69 Å². The SMILES string of the molecule is OCCOCCNc1cc[c]cc1. The van der Waals surface area contributed by atoms with Crippen LogP contribution >= 0.6 is 0 Å². The highest BCUT2D eigenvalue weighted by atomic mass is 16.5. The van der Waals surface area contributed by atoms with Crippen molar-refractivity contribution in [2.45, 2.75) is 0 Å². The van der Waals surface area contributed by atoms with Crippen LogP contribution < -0.4 is 5.32 Å². The Balaban J connectivity index is 2.07. The summed E-state index contributed by atoms with van der Waals surface area (Å²) in [6.45, 7) is 1.85. The van der Waals surface area contributed by atoms with E-state index in [-0.39, 0.29) is 6.61 Å². The van der Waals surface area contributed by atoms with E-state index in [0.717, 1.165) is 12.2 Å². The Kier molecular flexibility index (Phi) is 4.98. The lowest BCUT2D eigenvalue weighted by atomic mass is 10.3. The molecule has 0 aromatic heterocycles. The molecule has 0 bridgehead atoms. The highest BCUT2D eigenvalue weighted by Gasteiger charge is 1.89. The van der Waals surface area contributed by atoms with Gasteiger partial charge >= 0.3 is 0 Å². The van der Waals surface area contributed by atoms with E-state index in [9.17, 15) is 0 Å². The number of aliphatic hydroxyl groups excluding tert-OH is 1. The topological polar surface area (TPSA) is 41.5 Å². The lowest BCUT2D eigenvalue weighted by molar-refractivity contribution is 0.0992. The number of hydrogen-bond acceptors (Lipinski definition) is 3. The summed E-state index contributed by atoms with van der Waals surface area (Å²) in [5.41, 5.74) is 1.06. The van der Waals surface area contributed by atoms with Gasteiger partial charge in [-0.3, -0.25) is 0 Å². The van der Waals surface area contributed by atoms with Gasteiger partial charge in [0.1, 0.15) is 0 Å². The molecule has 0 spiro atoms. The monoisotopic (exact) mass is 180 g/mol. The van der Waals surface area contributed by atoms with Crippen molar-refractivity contribution in [1.82, 2.24) is 0 Å². The van der Waals surface area contributed by atoms with E-state index in [1.807, 2.05) is 24.3 Å². The first-order valence-corrected chi connectivity index (χ1v) is 4.32. The molecule has 0 aliphatic carbocycles. The van der Waals surface area contributed by atoms with Crippen LogP contribution in [0.25, 0.3) is 0 Å². The van der Waals surface area contributed by atoms with Gasteiger partial charge in [0, 0.05) is 12.2 Å². The van der Waals surface area contributed by atoms with Crippen LogP contribution in [0.15, 0.2) is 24.3 Å². The van der Waals surface area contributed by atoms with Gasteiger partial charge in [0.15, 0.2) is 0 Å². The second-order valence-electron chi connectivity index (χ2n) is 2.55. The number of nitrogens with one attached hydrogen (secondary N) is 1. The summed E-state index contributed by atoms with van der Waals surface area (Å²) in [4.78, 5) is 0. The van der Waals surface area contributed by atoms with E-state index in [1.54, 1.807) is 0 Å². The maximum Gasteiger partial charge on any atom is 0.0698 e. The van der Waals surface area contributed by atoms with Crippen molar-refractivity contribution in [1.29, 1.82) is 0 Å². The van der Waals surface area contributed by atoms with Gasteiger partial charge in [0.05, 0.1) is 19.8 Å². The maximum atomic E-state index is 8.43. The Morgan fingerprint density at radius 2 is 2.08 bits per heavy atom. The Morgan fingerprint density at radius 3 is 2.77 bits per heavy atom. The molecular weight excluding hydrogens is 166 g/mol. The first-order chi connectivity index (χ1) is 6.43. The summed E-state index contributed by atoms with van der Waals surface area (Å²) in [6.07, 6.45) is 0. The molecule has 0 saturated carbocycles. The van der Waals surface area contributed by atoms with Gasteiger partial charge in [0.2, 0.25) is 0 Å². The van der Waals surface area contributed by atoms with Crippen molar-refractivity contribution >= 4 is 5.69 Å². The van der Waals surface area contributed by atoms with E-state index in [1.165, 1.54) is 0 Å². The molecule has 0 amide bonds. The third-order valence-electron chi connectivity index (χ3n) is 1.53. The van der Waals surface area contributed by atoms with E-state index in [0.29, 0.717) is 13.2 Å². The molecule has 1 radical (unpaired) electrons. The number of rotatable bonds is 6. The zero-order chi connectivity index (χ0) is 9.36. The van der Waals surface area contributed by atoms with E-state index < -0.39 is 0 Å². The van der Waals surface area contributed by atoms with Crippen LogP contribution in [-0.2, 0) is 4.74 Å². The van der Waals surface area contributed by atoms with Crippen molar-refractivity contribution in [2.75, 3.05) is 31.7 Å². The fourth-order valence-corrected chi connectivity index (χ4v) is 0.939. The number of hydrogen-bond donors (Lipinski definition) is 2. The quantitative estimate of drug-likeness (QED) is 0.639. The van der Waals surface area contributed by atoms with E-state index >= 15 is 0 Å². The number of aliphatic hydroxyl groups is 1. The zero-order valence-electron chi connectivity index (χ0n) is 7.49. The van der Waals surface area contributed by atoms with Gasteiger partial charge in [-0.1, -0.05) is 12.1 Å².